The van der Waals surface area contributed by atoms with Crippen molar-refractivity contribution in [3.63, 3.8) is 0 Å². The summed E-state index contributed by atoms with van der Waals surface area (Å²) in [5.41, 5.74) is 2.98. The smallest absolute Gasteiger partial charge is 0.236 e. The molecule has 1 unspecified atom stereocenters. The van der Waals surface area contributed by atoms with Crippen molar-refractivity contribution in [3.05, 3.63) is 53.6 Å². The predicted molar refractivity (Wildman–Crippen MR) is 167 cm³/mol. The molecule has 0 bridgehead atoms. The lowest BCUT2D eigenvalue weighted by atomic mass is 10.0. The van der Waals surface area contributed by atoms with Gasteiger partial charge in [-0.3, -0.25) is 9.69 Å². The molecule has 0 aliphatic carbocycles. The van der Waals surface area contributed by atoms with E-state index in [2.05, 4.69) is 55.5 Å². The summed E-state index contributed by atoms with van der Waals surface area (Å²) in [4.78, 5) is 27.4. The Hall–Kier alpha value is -4.72. The number of amides is 1. The number of benzene rings is 2. The first-order chi connectivity index (χ1) is 21.9. The van der Waals surface area contributed by atoms with Crippen LogP contribution < -0.4 is 20.3 Å². The molecule has 13 heteroatoms. The van der Waals surface area contributed by atoms with Crippen LogP contribution in [0.3, 0.4) is 0 Å². The second-order valence-corrected chi connectivity index (χ2v) is 11.7. The van der Waals surface area contributed by atoms with Crippen molar-refractivity contribution in [1.82, 2.24) is 15.1 Å². The number of piperidine rings is 1. The van der Waals surface area contributed by atoms with Crippen molar-refractivity contribution in [2.24, 2.45) is 9.98 Å². The van der Waals surface area contributed by atoms with Crippen molar-refractivity contribution in [2.75, 3.05) is 56.2 Å². The van der Waals surface area contributed by atoms with Gasteiger partial charge < -0.3 is 29.9 Å². The van der Waals surface area contributed by atoms with Crippen LogP contribution in [0.4, 0.5) is 15.8 Å². The summed E-state index contributed by atoms with van der Waals surface area (Å²) < 4.78 is 26.1. The number of nitrogens with one attached hydrogen (secondary N) is 2. The fourth-order valence-electron chi connectivity index (χ4n) is 6.08. The number of hydrogen-bond acceptors (Lipinski definition) is 11. The first kappa shape index (κ1) is 30.3. The van der Waals surface area contributed by atoms with Crippen molar-refractivity contribution in [3.8, 4) is 17.9 Å². The van der Waals surface area contributed by atoms with Gasteiger partial charge in [0.25, 0.3) is 0 Å². The molecule has 4 aliphatic heterocycles. The van der Waals surface area contributed by atoms with Crippen LogP contribution in [0.1, 0.15) is 37.1 Å². The molecule has 3 saturated heterocycles. The summed E-state index contributed by atoms with van der Waals surface area (Å²) in [7, 11) is 0. The number of nitriles is 2. The Morgan fingerprint density at radius 3 is 2.67 bits per heavy atom. The van der Waals surface area contributed by atoms with Crippen molar-refractivity contribution in [2.45, 2.75) is 50.3 Å². The van der Waals surface area contributed by atoms with E-state index in [4.69, 9.17) is 14.7 Å². The average molecular weight is 614 g/mol. The van der Waals surface area contributed by atoms with E-state index in [1.54, 1.807) is 30.6 Å². The number of rotatable bonds is 7. The largest absolute Gasteiger partial charge is 0.486 e. The minimum absolute atomic E-state index is 0.144. The Morgan fingerprint density at radius 2 is 1.98 bits per heavy atom. The van der Waals surface area contributed by atoms with Crippen LogP contribution in [0.15, 0.2) is 52.4 Å². The maximum Gasteiger partial charge on any atom is 0.236 e. The first-order valence-electron chi connectivity index (χ1n) is 15.2. The average Bonchev–Trinajstić information content (AvgIpc) is 3.02. The highest BCUT2D eigenvalue weighted by Crippen LogP contribution is 2.30. The number of nitrogens with zero attached hydrogens (tertiary/aromatic N) is 7. The zero-order chi connectivity index (χ0) is 31.3. The quantitative estimate of drug-likeness (QED) is 0.482. The molecule has 234 valence electrons. The van der Waals surface area contributed by atoms with Gasteiger partial charge in [-0.05, 0) is 48.9 Å². The molecular weight excluding hydrogens is 577 g/mol. The summed E-state index contributed by atoms with van der Waals surface area (Å²) in [5.74, 6) is 0.386. The molecule has 4 heterocycles. The molecule has 2 aromatic rings. The lowest BCUT2D eigenvalue weighted by molar-refractivity contribution is -0.134. The van der Waals surface area contributed by atoms with E-state index < -0.39 is 24.3 Å². The number of hydrogen-bond donors (Lipinski definition) is 2. The summed E-state index contributed by atoms with van der Waals surface area (Å²) in [6.45, 7) is 7.12. The number of piperazine rings is 1. The van der Waals surface area contributed by atoms with Gasteiger partial charge >= 0.3 is 0 Å². The Balaban J connectivity index is 1.06. The van der Waals surface area contributed by atoms with Crippen molar-refractivity contribution >= 4 is 29.6 Å². The zero-order valence-electron chi connectivity index (χ0n) is 25.1. The van der Waals surface area contributed by atoms with E-state index in [0.717, 1.165) is 38.5 Å². The van der Waals surface area contributed by atoms with Gasteiger partial charge in [-0.1, -0.05) is 6.07 Å². The molecule has 0 aromatic heterocycles. The van der Waals surface area contributed by atoms with E-state index in [0.29, 0.717) is 23.6 Å². The molecule has 0 saturated carbocycles. The van der Waals surface area contributed by atoms with E-state index in [9.17, 15) is 14.4 Å². The van der Waals surface area contributed by atoms with E-state index >= 15 is 0 Å². The van der Waals surface area contributed by atoms with Crippen LogP contribution in [0.2, 0.25) is 0 Å². The highest BCUT2D eigenvalue weighted by atomic mass is 19.1. The number of carbonyl (C=O) groups excluding carboxylic acids is 1. The Labute approximate surface area is 261 Å². The van der Waals surface area contributed by atoms with E-state index in [1.807, 2.05) is 12.1 Å². The molecular formula is C32H36FN9O3. The third-order valence-corrected chi connectivity index (χ3v) is 8.69. The van der Waals surface area contributed by atoms with Crippen LogP contribution >= 0.6 is 0 Å². The maximum atomic E-state index is 14.9. The van der Waals surface area contributed by atoms with Gasteiger partial charge in [0.2, 0.25) is 11.9 Å². The number of alkyl halides is 1. The zero-order valence-corrected chi connectivity index (χ0v) is 25.1. The number of anilines is 2. The van der Waals surface area contributed by atoms with Crippen LogP contribution in [0, 0.1) is 22.7 Å². The van der Waals surface area contributed by atoms with Gasteiger partial charge in [-0.2, -0.15) is 10.5 Å². The summed E-state index contributed by atoms with van der Waals surface area (Å²) in [6.07, 6.45) is -1.28. The number of guanidine groups is 1. The molecule has 2 aromatic carbocycles. The van der Waals surface area contributed by atoms with Crippen LogP contribution in [-0.4, -0.2) is 98.3 Å². The molecule has 12 nitrogen and oxygen atoms in total. The predicted octanol–water partition coefficient (Wildman–Crippen LogP) is 2.80. The van der Waals surface area contributed by atoms with E-state index in [-0.39, 0.29) is 37.2 Å². The van der Waals surface area contributed by atoms with Crippen LogP contribution in [0.5, 0.6) is 5.75 Å². The number of carbonyl (C=O) groups is 1. The van der Waals surface area contributed by atoms with Gasteiger partial charge in [0, 0.05) is 50.0 Å². The van der Waals surface area contributed by atoms with Gasteiger partial charge in [-0.25, -0.2) is 14.4 Å². The number of ether oxygens (including phenoxy) is 2. The van der Waals surface area contributed by atoms with Gasteiger partial charge in [0.1, 0.15) is 24.3 Å². The molecule has 0 spiro atoms. The summed E-state index contributed by atoms with van der Waals surface area (Å²) >= 11 is 0. The van der Waals surface area contributed by atoms with Crippen molar-refractivity contribution < 1.29 is 18.7 Å². The number of halogens is 1. The number of likely N-dealkylation sites (tertiary alicyclic amines) is 1. The fourth-order valence-corrected chi connectivity index (χ4v) is 6.08. The minimum atomic E-state index is -1.44. The molecule has 4 atom stereocenters. The monoisotopic (exact) mass is 613 g/mol. The highest BCUT2D eigenvalue weighted by Gasteiger charge is 2.34. The van der Waals surface area contributed by atoms with Gasteiger partial charge in [-0.15, -0.1) is 0 Å². The molecule has 3 fully saturated rings. The summed E-state index contributed by atoms with van der Waals surface area (Å²) in [5, 5.41) is 24.9. The van der Waals surface area contributed by atoms with Crippen molar-refractivity contribution in [1.29, 1.82) is 10.5 Å². The van der Waals surface area contributed by atoms with Gasteiger partial charge in [0.15, 0.2) is 12.3 Å². The lowest BCUT2D eigenvalue weighted by Crippen LogP contribution is -2.59. The Morgan fingerprint density at radius 1 is 1.16 bits per heavy atom. The third-order valence-electron chi connectivity index (χ3n) is 8.69. The third kappa shape index (κ3) is 6.85. The SMILES string of the molecule is C[C@H]1CN(C2COC2)CCN1c1ccc(NC2=NC(c3ccc(O[C@H]4CCN(C(=O)CC#N)C[C@H]4F)c(C#N)c3)N=CN2)cc1. The Kier molecular flexibility index (Phi) is 9.10. The standard InChI is InChI=1S/C32H36FN9O3/c1-21-16-40(26-18-44-19-26)12-13-42(21)25-5-3-24(4-6-25)38-32-37-20-36-31(39-32)22-2-7-28(23(14-22)15-35)45-29-9-11-41(17-27(29)33)30(43)8-10-34/h2-7,14,20-21,26-27,29,31H,8-9,11-13,16-19H2,1H3,(H2,36,37,38,39)/t21-,27+,29-,31?/m0/s1. The number of aliphatic imine (C=N–C) groups is 2. The molecule has 2 N–H and O–H groups in total. The molecule has 45 heavy (non-hydrogen) atoms. The van der Waals surface area contributed by atoms with E-state index in [1.165, 1.54) is 10.6 Å². The topological polar surface area (TPSA) is 142 Å². The lowest BCUT2D eigenvalue weighted by Gasteiger charge is -2.46. The second kappa shape index (κ2) is 13.5. The molecule has 4 aliphatic rings. The maximum absolute atomic E-state index is 14.9. The highest BCUT2D eigenvalue weighted by molar-refractivity contribution is 6.01. The van der Waals surface area contributed by atoms with Gasteiger partial charge in [0.05, 0.1) is 43.8 Å². The molecule has 0 radical (unpaired) electrons. The second-order valence-electron chi connectivity index (χ2n) is 11.7. The molecule has 6 rings (SSSR count). The molecule has 1 amide bonds. The Bertz CT molecular complexity index is 1530. The fraction of sp³-hybridized carbons (Fsp3) is 0.469. The van der Waals surface area contributed by atoms with Crippen LogP contribution in [0.25, 0.3) is 0 Å². The first-order valence-corrected chi connectivity index (χ1v) is 15.2. The normalized spacial score (nSPS) is 25.3. The minimum Gasteiger partial charge on any atom is -0.486 e. The summed E-state index contributed by atoms with van der Waals surface area (Å²) in [6, 6.07) is 18.2. The van der Waals surface area contributed by atoms with Crippen LogP contribution in [-0.2, 0) is 9.53 Å².